The molecule has 0 unspecified atom stereocenters. The van der Waals surface area contributed by atoms with Crippen LogP contribution >= 0.6 is 11.3 Å². The molecule has 1 aliphatic heterocycles. The Morgan fingerprint density at radius 3 is 3.10 bits per heavy atom. The average Bonchev–Trinajstić information content (AvgIpc) is 3.09. The molecule has 1 aromatic rings. The number of aryl methyl sites for hydroxylation is 1. The summed E-state index contributed by atoms with van der Waals surface area (Å²) >= 11 is 1.72. The highest BCUT2D eigenvalue weighted by molar-refractivity contribution is 7.09. The van der Waals surface area contributed by atoms with Crippen LogP contribution in [-0.2, 0) is 16.0 Å². The normalized spacial score (nSPS) is 18.1. The topological polar surface area (TPSA) is 58.6 Å². The summed E-state index contributed by atoms with van der Waals surface area (Å²) in [6, 6.07) is 4.18. The summed E-state index contributed by atoms with van der Waals surface area (Å²) in [6.45, 7) is 1.19. The first-order valence-electron chi connectivity index (χ1n) is 6.83. The number of thiophene rings is 1. The van der Waals surface area contributed by atoms with Crippen molar-refractivity contribution < 1.29 is 14.3 Å². The maximum atomic E-state index is 11.8. The lowest BCUT2D eigenvalue weighted by molar-refractivity contribution is -0.121. The molecule has 0 aliphatic carbocycles. The maximum absolute atomic E-state index is 11.8. The van der Waals surface area contributed by atoms with E-state index in [0.717, 1.165) is 19.3 Å². The molecular formula is C14H20N2O3S. The molecule has 0 radical (unpaired) electrons. The molecule has 1 N–H and O–H groups in total. The Morgan fingerprint density at radius 2 is 2.40 bits per heavy atom. The molecule has 0 saturated carbocycles. The van der Waals surface area contributed by atoms with Crippen LogP contribution < -0.4 is 5.32 Å². The van der Waals surface area contributed by atoms with Crippen molar-refractivity contribution in [2.24, 2.45) is 0 Å². The zero-order valence-corrected chi connectivity index (χ0v) is 12.4. The number of rotatable bonds is 5. The average molecular weight is 296 g/mol. The summed E-state index contributed by atoms with van der Waals surface area (Å²) in [5.41, 5.74) is 0. The molecule has 2 heterocycles. The van der Waals surface area contributed by atoms with E-state index in [1.54, 1.807) is 16.2 Å². The number of nitrogens with zero attached hydrogens (tertiary/aromatic N) is 1. The second-order valence-electron chi connectivity index (χ2n) is 4.90. The van der Waals surface area contributed by atoms with Crippen LogP contribution in [0.5, 0.6) is 0 Å². The Bertz CT molecular complexity index is 447. The molecular weight excluding hydrogens is 276 g/mol. The minimum atomic E-state index is -0.320. The zero-order chi connectivity index (χ0) is 14.4. The summed E-state index contributed by atoms with van der Waals surface area (Å²) < 4.78 is 4.67. The van der Waals surface area contributed by atoms with Gasteiger partial charge in [-0.2, -0.15) is 0 Å². The molecule has 5 nitrogen and oxygen atoms in total. The lowest BCUT2D eigenvalue weighted by atomic mass is 10.2. The van der Waals surface area contributed by atoms with E-state index in [1.165, 1.54) is 12.0 Å². The van der Waals surface area contributed by atoms with Gasteiger partial charge in [0.05, 0.1) is 7.11 Å². The molecule has 1 fully saturated rings. The summed E-state index contributed by atoms with van der Waals surface area (Å²) in [5.74, 6) is 0.0678. The van der Waals surface area contributed by atoms with Crippen molar-refractivity contribution in [3.63, 3.8) is 0 Å². The quantitative estimate of drug-likeness (QED) is 0.904. The van der Waals surface area contributed by atoms with Crippen LogP contribution in [0.15, 0.2) is 17.5 Å². The molecule has 0 aromatic carbocycles. The van der Waals surface area contributed by atoms with Crippen molar-refractivity contribution in [3.05, 3.63) is 22.4 Å². The fourth-order valence-electron chi connectivity index (χ4n) is 2.35. The van der Waals surface area contributed by atoms with Crippen molar-refractivity contribution >= 4 is 23.3 Å². The SMILES string of the molecule is COC(=O)N1CC[C@H](NC(=O)CCCc2cccs2)C1. The van der Waals surface area contributed by atoms with Gasteiger partial charge in [-0.1, -0.05) is 6.07 Å². The van der Waals surface area contributed by atoms with Gasteiger partial charge < -0.3 is 15.0 Å². The van der Waals surface area contributed by atoms with Gasteiger partial charge >= 0.3 is 6.09 Å². The number of carbonyl (C=O) groups is 2. The molecule has 20 heavy (non-hydrogen) atoms. The van der Waals surface area contributed by atoms with Crippen LogP contribution in [0.1, 0.15) is 24.1 Å². The smallest absolute Gasteiger partial charge is 0.409 e. The van der Waals surface area contributed by atoms with E-state index in [0.29, 0.717) is 19.5 Å². The third kappa shape index (κ3) is 4.23. The third-order valence-electron chi connectivity index (χ3n) is 3.39. The van der Waals surface area contributed by atoms with Crippen LogP contribution in [0.2, 0.25) is 0 Å². The van der Waals surface area contributed by atoms with E-state index in [9.17, 15) is 9.59 Å². The van der Waals surface area contributed by atoms with Gasteiger partial charge in [-0.15, -0.1) is 11.3 Å². The van der Waals surface area contributed by atoms with Crippen LogP contribution in [0.25, 0.3) is 0 Å². The highest BCUT2D eigenvalue weighted by Crippen LogP contribution is 2.13. The van der Waals surface area contributed by atoms with Gasteiger partial charge in [-0.05, 0) is 30.7 Å². The molecule has 1 saturated heterocycles. The van der Waals surface area contributed by atoms with Crippen LogP contribution in [0, 0.1) is 0 Å². The number of carbonyl (C=O) groups excluding carboxylic acids is 2. The van der Waals surface area contributed by atoms with E-state index in [4.69, 9.17) is 0 Å². The second-order valence-corrected chi connectivity index (χ2v) is 5.93. The maximum Gasteiger partial charge on any atom is 0.409 e. The summed E-state index contributed by atoms with van der Waals surface area (Å²) in [6.07, 6.45) is 2.82. The summed E-state index contributed by atoms with van der Waals surface area (Å²) in [7, 11) is 1.37. The fraction of sp³-hybridized carbons (Fsp3) is 0.571. The lowest BCUT2D eigenvalue weighted by Crippen LogP contribution is -2.38. The lowest BCUT2D eigenvalue weighted by Gasteiger charge is -2.15. The Morgan fingerprint density at radius 1 is 1.55 bits per heavy atom. The molecule has 0 spiro atoms. The summed E-state index contributed by atoms with van der Waals surface area (Å²) in [4.78, 5) is 26.1. The predicted octanol–water partition coefficient (Wildman–Crippen LogP) is 2.03. The number of hydrogen-bond donors (Lipinski definition) is 1. The van der Waals surface area contributed by atoms with Crippen molar-refractivity contribution in [1.29, 1.82) is 0 Å². The zero-order valence-electron chi connectivity index (χ0n) is 11.6. The third-order valence-corrected chi connectivity index (χ3v) is 4.33. The van der Waals surface area contributed by atoms with Gasteiger partial charge in [0, 0.05) is 30.4 Å². The molecule has 2 amide bonds. The minimum Gasteiger partial charge on any atom is -0.453 e. The van der Waals surface area contributed by atoms with Gasteiger partial charge in [0.2, 0.25) is 5.91 Å². The molecule has 0 bridgehead atoms. The predicted molar refractivity (Wildman–Crippen MR) is 77.8 cm³/mol. The number of hydrogen-bond acceptors (Lipinski definition) is 4. The monoisotopic (exact) mass is 296 g/mol. The highest BCUT2D eigenvalue weighted by Gasteiger charge is 2.27. The molecule has 2 rings (SSSR count). The fourth-order valence-corrected chi connectivity index (χ4v) is 3.10. The van der Waals surface area contributed by atoms with E-state index in [1.807, 2.05) is 6.07 Å². The van der Waals surface area contributed by atoms with Gasteiger partial charge in [0.1, 0.15) is 0 Å². The molecule has 1 atom stereocenters. The van der Waals surface area contributed by atoms with Gasteiger partial charge in [-0.3, -0.25) is 4.79 Å². The molecule has 1 aromatic heterocycles. The minimum absolute atomic E-state index is 0.0586. The Kier molecular flexibility index (Phi) is 5.40. The van der Waals surface area contributed by atoms with E-state index in [-0.39, 0.29) is 18.0 Å². The highest BCUT2D eigenvalue weighted by atomic mass is 32.1. The van der Waals surface area contributed by atoms with Crippen LogP contribution in [0.3, 0.4) is 0 Å². The van der Waals surface area contributed by atoms with Crippen molar-refractivity contribution in [2.75, 3.05) is 20.2 Å². The number of amides is 2. The second kappa shape index (κ2) is 7.28. The summed E-state index contributed by atoms with van der Waals surface area (Å²) in [5, 5.41) is 5.03. The standard InChI is InChI=1S/C14H20N2O3S/c1-19-14(18)16-8-7-11(10-16)15-13(17)6-2-4-12-5-3-9-20-12/h3,5,9,11H,2,4,6-8,10H2,1H3,(H,15,17)/t11-/m0/s1. The van der Waals surface area contributed by atoms with Crippen LogP contribution in [0.4, 0.5) is 4.79 Å². The molecule has 110 valence electrons. The largest absolute Gasteiger partial charge is 0.453 e. The Labute approximate surface area is 122 Å². The van der Waals surface area contributed by atoms with E-state index >= 15 is 0 Å². The first kappa shape index (κ1) is 14.8. The number of methoxy groups -OCH3 is 1. The number of nitrogens with one attached hydrogen (secondary N) is 1. The van der Waals surface area contributed by atoms with Crippen molar-refractivity contribution in [2.45, 2.75) is 31.7 Å². The van der Waals surface area contributed by atoms with Crippen molar-refractivity contribution in [3.8, 4) is 0 Å². The first-order chi connectivity index (χ1) is 9.69. The Hall–Kier alpha value is -1.56. The Balaban J connectivity index is 1.64. The van der Waals surface area contributed by atoms with Gasteiger partial charge in [0.25, 0.3) is 0 Å². The van der Waals surface area contributed by atoms with E-state index < -0.39 is 0 Å². The van der Waals surface area contributed by atoms with Crippen molar-refractivity contribution in [1.82, 2.24) is 10.2 Å². The first-order valence-corrected chi connectivity index (χ1v) is 7.71. The molecule has 6 heteroatoms. The van der Waals surface area contributed by atoms with Gasteiger partial charge in [0.15, 0.2) is 0 Å². The number of likely N-dealkylation sites (tertiary alicyclic amines) is 1. The molecule has 1 aliphatic rings. The van der Waals surface area contributed by atoms with Crippen LogP contribution in [-0.4, -0.2) is 43.1 Å². The number of ether oxygens (including phenoxy) is 1. The van der Waals surface area contributed by atoms with E-state index in [2.05, 4.69) is 21.5 Å². The van der Waals surface area contributed by atoms with Gasteiger partial charge in [-0.25, -0.2) is 4.79 Å².